The Bertz CT molecular complexity index is 118. The molecule has 0 aromatic rings. The van der Waals surface area contributed by atoms with Gasteiger partial charge in [0.1, 0.15) is 0 Å². The van der Waals surface area contributed by atoms with Crippen LogP contribution in [0.2, 0.25) is 0 Å². The first-order valence-electron chi connectivity index (χ1n) is 0.944. The minimum atomic E-state index is -4.36. The molecule has 0 amide bonds. The normalized spacial score (nSPS) is 10.0. The summed E-state index contributed by atoms with van der Waals surface area (Å²) in [6.07, 6.45) is 0. The van der Waals surface area contributed by atoms with E-state index in [-0.39, 0.29) is 52.8 Å². The number of rotatable bonds is 1. The summed E-state index contributed by atoms with van der Waals surface area (Å²) < 4.78 is 25.8. The standard InChI is InChI=1S/K.H3NO4S.H/c;2-1-6(3,4)5;/h;1-2H,(H,3,4,5);/q+1;;-1. The van der Waals surface area contributed by atoms with E-state index in [1.165, 1.54) is 0 Å². The molecule has 0 bridgehead atoms. The molecule has 0 aliphatic rings. The fourth-order valence-corrected chi connectivity index (χ4v) is 0. The molecular formula is H4KNO4S. The molecule has 0 atom stereocenters. The Labute approximate surface area is 84.8 Å². The Morgan fingerprint density at radius 1 is 1.57 bits per heavy atom. The van der Waals surface area contributed by atoms with E-state index in [2.05, 4.69) is 0 Å². The average Bonchev–Trinajstić information content (AvgIpc) is 1.35. The van der Waals surface area contributed by atoms with Gasteiger partial charge in [-0.15, -0.1) is 0 Å². The number of hydrogen-bond donors (Lipinski definition) is 3. The van der Waals surface area contributed by atoms with Crippen LogP contribution in [0.4, 0.5) is 0 Å². The molecule has 0 aliphatic heterocycles. The Hall–Kier alpha value is 1.47. The monoisotopic (exact) mass is 153 g/mol. The maximum Gasteiger partial charge on any atom is 1.00 e. The van der Waals surface area contributed by atoms with Crippen LogP contribution in [-0.4, -0.2) is 18.2 Å². The van der Waals surface area contributed by atoms with Crippen molar-refractivity contribution in [2.45, 2.75) is 0 Å². The molecule has 7 heavy (non-hydrogen) atoms. The second-order valence-corrected chi connectivity index (χ2v) is 1.70. The van der Waals surface area contributed by atoms with Crippen LogP contribution < -0.4 is 56.3 Å². The fourth-order valence-electron chi connectivity index (χ4n) is 0. The van der Waals surface area contributed by atoms with Crippen molar-refractivity contribution in [3.05, 3.63) is 0 Å². The molecule has 0 heterocycles. The first-order valence-corrected chi connectivity index (χ1v) is 2.38. The van der Waals surface area contributed by atoms with Crippen molar-refractivity contribution in [1.29, 1.82) is 0 Å². The first kappa shape index (κ1) is 11.3. The second-order valence-electron chi connectivity index (χ2n) is 0.566. The van der Waals surface area contributed by atoms with Crippen LogP contribution in [-0.2, 0) is 10.3 Å². The Kier molecular flexibility index (Phi) is 7.02. The van der Waals surface area contributed by atoms with Gasteiger partial charge in [0, 0.05) is 0 Å². The van der Waals surface area contributed by atoms with E-state index in [9.17, 15) is 8.42 Å². The molecule has 0 aromatic carbocycles. The average molecular weight is 153 g/mol. The van der Waals surface area contributed by atoms with Gasteiger partial charge in [-0.05, 0) is 0 Å². The van der Waals surface area contributed by atoms with Crippen molar-refractivity contribution >= 4 is 10.3 Å². The van der Waals surface area contributed by atoms with E-state index < -0.39 is 10.3 Å². The van der Waals surface area contributed by atoms with Crippen molar-refractivity contribution in [3.63, 3.8) is 0 Å². The summed E-state index contributed by atoms with van der Waals surface area (Å²) >= 11 is 0. The third kappa shape index (κ3) is 11.2. The van der Waals surface area contributed by atoms with Gasteiger partial charge in [-0.1, -0.05) is 4.89 Å². The Morgan fingerprint density at radius 3 is 1.71 bits per heavy atom. The Morgan fingerprint density at radius 2 is 1.71 bits per heavy atom. The van der Waals surface area contributed by atoms with Gasteiger partial charge in [0.2, 0.25) is 0 Å². The number of nitrogens with one attached hydrogen (secondary N) is 1. The van der Waals surface area contributed by atoms with Crippen molar-refractivity contribution in [2.24, 2.45) is 0 Å². The zero-order chi connectivity index (χ0) is 5.21. The van der Waals surface area contributed by atoms with Crippen molar-refractivity contribution in [3.8, 4) is 0 Å². The fraction of sp³-hybridized carbons (Fsp3) is 0. The van der Waals surface area contributed by atoms with Crippen LogP contribution in [0.3, 0.4) is 0 Å². The largest absolute Gasteiger partial charge is 1.00 e. The molecule has 0 fully saturated rings. The van der Waals surface area contributed by atoms with Crippen LogP contribution in [0.25, 0.3) is 0 Å². The van der Waals surface area contributed by atoms with Gasteiger partial charge in [0.25, 0.3) is 0 Å². The summed E-state index contributed by atoms with van der Waals surface area (Å²) in [7, 11) is -4.36. The molecule has 0 aromatic heterocycles. The maximum atomic E-state index is 9.19. The molecule has 40 valence electrons. The van der Waals surface area contributed by atoms with E-state index in [0.29, 0.717) is 4.89 Å². The summed E-state index contributed by atoms with van der Waals surface area (Å²) in [4.78, 5) is 0.632. The number of hydrogen-bond acceptors (Lipinski definition) is 3. The molecule has 0 saturated heterocycles. The van der Waals surface area contributed by atoms with Gasteiger partial charge in [-0.3, -0.25) is 4.55 Å². The van der Waals surface area contributed by atoms with Crippen LogP contribution in [0.5, 0.6) is 0 Å². The topological polar surface area (TPSA) is 86.6 Å². The van der Waals surface area contributed by atoms with Crippen molar-refractivity contribution < 1.29 is 71.0 Å². The van der Waals surface area contributed by atoms with E-state index in [1.807, 2.05) is 0 Å². The summed E-state index contributed by atoms with van der Waals surface area (Å²) in [5.74, 6) is 0. The quantitative estimate of drug-likeness (QED) is 0.203. The summed E-state index contributed by atoms with van der Waals surface area (Å²) in [6, 6.07) is 0. The van der Waals surface area contributed by atoms with Crippen molar-refractivity contribution in [2.75, 3.05) is 0 Å². The van der Waals surface area contributed by atoms with Gasteiger partial charge >= 0.3 is 61.7 Å². The van der Waals surface area contributed by atoms with Crippen LogP contribution >= 0.6 is 0 Å². The third-order valence-electron chi connectivity index (χ3n) is 0.115. The van der Waals surface area contributed by atoms with Gasteiger partial charge in [0.05, 0.1) is 0 Å². The van der Waals surface area contributed by atoms with Gasteiger partial charge in [0.15, 0.2) is 0 Å². The first-order chi connectivity index (χ1) is 2.56. The molecule has 0 radical (unpaired) electrons. The molecule has 0 rings (SSSR count). The van der Waals surface area contributed by atoms with Gasteiger partial charge in [-0.2, -0.15) is 8.42 Å². The maximum absolute atomic E-state index is 9.19. The van der Waals surface area contributed by atoms with Crippen LogP contribution in [0, 0.1) is 0 Å². The SMILES string of the molecule is O=S(=O)(O)NO.[H-].[K+]. The smallest absolute Gasteiger partial charge is 1.00 e. The van der Waals surface area contributed by atoms with E-state index in [0.717, 1.165) is 0 Å². The molecule has 0 aliphatic carbocycles. The second kappa shape index (κ2) is 4.36. The summed E-state index contributed by atoms with van der Waals surface area (Å²) in [5.41, 5.74) is 0. The predicted octanol–water partition coefficient (Wildman–Crippen LogP) is -4.12. The minimum Gasteiger partial charge on any atom is -1.00 e. The van der Waals surface area contributed by atoms with E-state index >= 15 is 0 Å². The molecule has 0 saturated carbocycles. The van der Waals surface area contributed by atoms with Crippen LogP contribution in [0.1, 0.15) is 1.43 Å². The van der Waals surface area contributed by atoms with Gasteiger partial charge in [-0.25, -0.2) is 0 Å². The predicted molar refractivity (Wildman–Crippen MR) is 17.6 cm³/mol. The minimum absolute atomic E-state index is 0. The van der Waals surface area contributed by atoms with E-state index in [4.69, 9.17) is 9.76 Å². The van der Waals surface area contributed by atoms with Crippen LogP contribution in [0.15, 0.2) is 0 Å². The molecule has 3 N–H and O–H groups in total. The zero-order valence-electron chi connectivity index (χ0n) is 4.62. The van der Waals surface area contributed by atoms with E-state index in [1.54, 1.807) is 0 Å². The molecule has 0 spiro atoms. The molecule has 5 nitrogen and oxygen atoms in total. The van der Waals surface area contributed by atoms with Crippen molar-refractivity contribution in [1.82, 2.24) is 4.89 Å². The van der Waals surface area contributed by atoms with Gasteiger partial charge < -0.3 is 6.63 Å². The summed E-state index contributed by atoms with van der Waals surface area (Å²) in [5, 5.41) is 7.31. The molecule has 7 heteroatoms. The molecular weight excluding hydrogens is 149 g/mol. The third-order valence-corrected chi connectivity index (χ3v) is 0.346. The Balaban J connectivity index is -0.000000125. The zero-order valence-corrected chi connectivity index (χ0v) is 7.56. The summed E-state index contributed by atoms with van der Waals surface area (Å²) in [6.45, 7) is 0. The molecule has 0 unspecified atom stereocenters.